The number of rotatable bonds is 2. The number of amides is 1. The molecule has 1 heterocycles. The predicted molar refractivity (Wildman–Crippen MR) is 56.4 cm³/mol. The lowest BCUT2D eigenvalue weighted by Gasteiger charge is -2.40. The Labute approximate surface area is 92.5 Å². The summed E-state index contributed by atoms with van der Waals surface area (Å²) in [6, 6.07) is 5.79. The highest BCUT2D eigenvalue weighted by Gasteiger charge is 2.35. The monoisotopic (exact) mass is 224 g/mol. The molecular weight excluding hydrogens is 211 g/mol. The maximum Gasteiger partial charge on any atom is 0.407 e. The van der Waals surface area contributed by atoms with Crippen LogP contribution in [0.25, 0.3) is 0 Å². The first kappa shape index (κ1) is 10.9. The Hall–Kier alpha value is -1.62. The summed E-state index contributed by atoms with van der Waals surface area (Å²) in [5.41, 5.74) is 6.81. The van der Waals surface area contributed by atoms with E-state index in [1.54, 1.807) is 12.1 Å². The van der Waals surface area contributed by atoms with E-state index in [0.29, 0.717) is 13.1 Å². The Bertz CT molecular complexity index is 387. The first-order valence-electron chi connectivity index (χ1n) is 5.07. The molecule has 1 saturated heterocycles. The van der Waals surface area contributed by atoms with Crippen molar-refractivity contribution in [1.82, 2.24) is 4.90 Å². The Morgan fingerprint density at radius 2 is 2.00 bits per heavy atom. The van der Waals surface area contributed by atoms with Crippen molar-refractivity contribution in [3.8, 4) is 0 Å². The van der Waals surface area contributed by atoms with Crippen LogP contribution in [0, 0.1) is 11.7 Å². The van der Waals surface area contributed by atoms with Gasteiger partial charge in [0.05, 0.1) is 0 Å². The lowest BCUT2D eigenvalue weighted by atomic mass is 9.88. The van der Waals surface area contributed by atoms with E-state index >= 15 is 0 Å². The minimum atomic E-state index is -0.914. The van der Waals surface area contributed by atoms with Crippen LogP contribution in [-0.2, 0) is 0 Å². The first-order chi connectivity index (χ1) is 7.58. The number of hydrogen-bond donors (Lipinski definition) is 2. The quantitative estimate of drug-likeness (QED) is 0.798. The van der Waals surface area contributed by atoms with Gasteiger partial charge in [-0.15, -0.1) is 0 Å². The van der Waals surface area contributed by atoms with Crippen LogP contribution in [0.4, 0.5) is 9.18 Å². The molecule has 0 spiro atoms. The molecule has 1 aliphatic rings. The zero-order valence-corrected chi connectivity index (χ0v) is 8.64. The third-order valence-corrected chi connectivity index (χ3v) is 2.94. The summed E-state index contributed by atoms with van der Waals surface area (Å²) in [6.45, 7) is 0.905. The second kappa shape index (κ2) is 4.09. The number of carboxylic acid groups (broad SMARTS) is 1. The second-order valence-corrected chi connectivity index (χ2v) is 4.02. The Morgan fingerprint density at radius 3 is 2.50 bits per heavy atom. The number of benzene rings is 1. The average Bonchev–Trinajstić information content (AvgIpc) is 2.15. The van der Waals surface area contributed by atoms with Crippen LogP contribution >= 0.6 is 0 Å². The topological polar surface area (TPSA) is 66.6 Å². The lowest BCUT2D eigenvalue weighted by molar-refractivity contribution is 0.0709. The van der Waals surface area contributed by atoms with Gasteiger partial charge in [-0.05, 0) is 17.7 Å². The molecule has 1 aromatic rings. The highest BCUT2D eigenvalue weighted by atomic mass is 19.1. The van der Waals surface area contributed by atoms with Crippen LogP contribution in [0.2, 0.25) is 0 Å². The molecule has 0 radical (unpaired) electrons. The molecule has 1 atom stereocenters. The van der Waals surface area contributed by atoms with Crippen molar-refractivity contribution in [2.24, 2.45) is 11.7 Å². The lowest BCUT2D eigenvalue weighted by Crippen LogP contribution is -2.53. The third kappa shape index (κ3) is 1.99. The maximum absolute atomic E-state index is 12.7. The van der Waals surface area contributed by atoms with Gasteiger partial charge in [-0.2, -0.15) is 0 Å². The van der Waals surface area contributed by atoms with E-state index in [4.69, 9.17) is 10.8 Å². The predicted octanol–water partition coefficient (Wildman–Crippen LogP) is 1.44. The van der Waals surface area contributed by atoms with Gasteiger partial charge >= 0.3 is 6.09 Å². The van der Waals surface area contributed by atoms with Gasteiger partial charge in [-0.25, -0.2) is 9.18 Å². The molecule has 16 heavy (non-hydrogen) atoms. The molecular formula is C11H13FN2O2. The van der Waals surface area contributed by atoms with Gasteiger partial charge in [0.25, 0.3) is 0 Å². The largest absolute Gasteiger partial charge is 0.465 e. The van der Waals surface area contributed by atoms with Gasteiger partial charge in [-0.1, -0.05) is 12.1 Å². The summed E-state index contributed by atoms with van der Waals surface area (Å²) in [6.07, 6.45) is -0.914. The second-order valence-electron chi connectivity index (χ2n) is 4.02. The summed E-state index contributed by atoms with van der Waals surface area (Å²) < 4.78 is 12.7. The third-order valence-electron chi connectivity index (χ3n) is 2.94. The first-order valence-corrected chi connectivity index (χ1v) is 5.07. The summed E-state index contributed by atoms with van der Waals surface area (Å²) in [5, 5.41) is 8.68. The molecule has 86 valence electrons. The highest BCUT2D eigenvalue weighted by molar-refractivity contribution is 5.66. The smallest absolute Gasteiger partial charge is 0.407 e. The summed E-state index contributed by atoms with van der Waals surface area (Å²) >= 11 is 0. The number of halogens is 1. The fourth-order valence-electron chi connectivity index (χ4n) is 1.85. The molecule has 2 rings (SSSR count). The van der Waals surface area contributed by atoms with Crippen LogP contribution in [0.5, 0.6) is 0 Å². The summed E-state index contributed by atoms with van der Waals surface area (Å²) in [4.78, 5) is 11.9. The van der Waals surface area contributed by atoms with Crippen molar-refractivity contribution in [3.63, 3.8) is 0 Å². The van der Waals surface area contributed by atoms with Crippen molar-refractivity contribution in [2.75, 3.05) is 13.1 Å². The van der Waals surface area contributed by atoms with Gasteiger partial charge in [-0.3, -0.25) is 0 Å². The molecule has 3 N–H and O–H groups in total. The average molecular weight is 224 g/mol. The maximum atomic E-state index is 12.7. The normalized spacial score (nSPS) is 18.0. The van der Waals surface area contributed by atoms with Gasteiger partial charge in [0, 0.05) is 25.0 Å². The van der Waals surface area contributed by atoms with Crippen molar-refractivity contribution in [2.45, 2.75) is 6.04 Å². The number of likely N-dealkylation sites (tertiary alicyclic amines) is 1. The minimum absolute atomic E-state index is 0.126. The molecule has 0 aromatic heterocycles. The van der Waals surface area contributed by atoms with Crippen molar-refractivity contribution in [3.05, 3.63) is 35.6 Å². The zero-order chi connectivity index (χ0) is 11.7. The Morgan fingerprint density at radius 1 is 1.44 bits per heavy atom. The number of nitrogens with zero attached hydrogens (tertiary/aromatic N) is 1. The molecule has 1 unspecified atom stereocenters. The fraction of sp³-hybridized carbons (Fsp3) is 0.364. The van der Waals surface area contributed by atoms with Crippen molar-refractivity contribution >= 4 is 6.09 Å². The van der Waals surface area contributed by atoms with Crippen LogP contribution in [0.15, 0.2) is 24.3 Å². The molecule has 4 nitrogen and oxygen atoms in total. The number of nitrogens with two attached hydrogens (primary N) is 1. The fourth-order valence-corrected chi connectivity index (χ4v) is 1.85. The van der Waals surface area contributed by atoms with Gasteiger partial charge in [0.2, 0.25) is 0 Å². The Kier molecular flexibility index (Phi) is 2.78. The van der Waals surface area contributed by atoms with E-state index in [1.165, 1.54) is 17.0 Å². The Balaban J connectivity index is 1.97. The van der Waals surface area contributed by atoms with E-state index < -0.39 is 6.09 Å². The molecule has 1 aliphatic heterocycles. The van der Waals surface area contributed by atoms with E-state index in [2.05, 4.69) is 0 Å². The van der Waals surface area contributed by atoms with E-state index in [0.717, 1.165) is 5.56 Å². The van der Waals surface area contributed by atoms with Crippen molar-refractivity contribution in [1.29, 1.82) is 0 Å². The van der Waals surface area contributed by atoms with Gasteiger partial charge in [0.15, 0.2) is 0 Å². The highest BCUT2D eigenvalue weighted by Crippen LogP contribution is 2.27. The standard InChI is InChI=1S/C11H13FN2O2/c12-9-3-1-7(2-4-9)10(13)8-5-14(6-8)11(15)16/h1-4,8,10H,5-6,13H2,(H,15,16). The van der Waals surface area contributed by atoms with Crippen LogP contribution in [0.1, 0.15) is 11.6 Å². The molecule has 5 heteroatoms. The van der Waals surface area contributed by atoms with Crippen LogP contribution in [0.3, 0.4) is 0 Å². The molecule has 1 aromatic carbocycles. The van der Waals surface area contributed by atoms with Crippen LogP contribution < -0.4 is 5.73 Å². The van der Waals surface area contributed by atoms with Gasteiger partial charge in [0.1, 0.15) is 5.82 Å². The number of hydrogen-bond acceptors (Lipinski definition) is 2. The van der Waals surface area contributed by atoms with E-state index in [1.807, 2.05) is 0 Å². The van der Waals surface area contributed by atoms with Gasteiger partial charge < -0.3 is 15.7 Å². The number of carbonyl (C=O) groups is 1. The molecule has 1 amide bonds. The van der Waals surface area contributed by atoms with Crippen molar-refractivity contribution < 1.29 is 14.3 Å². The van der Waals surface area contributed by atoms with Crippen LogP contribution in [-0.4, -0.2) is 29.2 Å². The molecule has 1 fully saturated rings. The van der Waals surface area contributed by atoms with E-state index in [-0.39, 0.29) is 17.8 Å². The molecule has 0 saturated carbocycles. The summed E-state index contributed by atoms with van der Waals surface area (Å²) in [5.74, 6) is -0.168. The summed E-state index contributed by atoms with van der Waals surface area (Å²) in [7, 11) is 0. The molecule has 0 aliphatic carbocycles. The zero-order valence-electron chi connectivity index (χ0n) is 8.64. The van der Waals surface area contributed by atoms with E-state index in [9.17, 15) is 9.18 Å². The molecule has 0 bridgehead atoms. The minimum Gasteiger partial charge on any atom is -0.465 e. The SMILES string of the molecule is NC(c1ccc(F)cc1)C1CN(C(=O)O)C1.